The topological polar surface area (TPSA) is 12.5 Å². The molecular formula is C7H9F3NO. The first kappa shape index (κ1) is 9.38. The van der Waals surface area contributed by atoms with Gasteiger partial charge in [-0.2, -0.15) is 5.06 Å². The maximum absolute atomic E-state index is 12.1. The van der Waals surface area contributed by atoms with E-state index in [9.17, 15) is 13.2 Å². The Kier molecular flexibility index (Phi) is 2.62. The summed E-state index contributed by atoms with van der Waals surface area (Å²) in [4.78, 5) is 4.27. The first-order chi connectivity index (χ1) is 5.55. The average molecular weight is 180 g/mol. The van der Waals surface area contributed by atoms with Crippen molar-refractivity contribution in [3.05, 3.63) is 18.4 Å². The summed E-state index contributed by atoms with van der Waals surface area (Å²) in [6.07, 6.45) is -2.07. The Morgan fingerprint density at radius 3 is 2.67 bits per heavy atom. The van der Waals surface area contributed by atoms with Crippen molar-refractivity contribution in [2.24, 2.45) is 0 Å². The van der Waals surface area contributed by atoms with Crippen LogP contribution < -0.4 is 0 Å². The molecule has 69 valence electrons. The molecule has 0 aromatic carbocycles. The molecule has 1 heterocycles. The predicted octanol–water partition coefficient (Wildman–Crippen LogP) is 2.60. The zero-order valence-corrected chi connectivity index (χ0v) is 6.56. The molecule has 12 heavy (non-hydrogen) atoms. The fourth-order valence-corrected chi connectivity index (χ4v) is 0.969. The highest BCUT2D eigenvalue weighted by Crippen LogP contribution is 2.32. The molecule has 0 saturated heterocycles. The molecule has 0 atom stereocenters. The van der Waals surface area contributed by atoms with Crippen LogP contribution in [0.4, 0.5) is 13.2 Å². The van der Waals surface area contributed by atoms with Gasteiger partial charge in [-0.1, -0.05) is 13.3 Å². The minimum atomic E-state index is -4.44. The third kappa shape index (κ3) is 1.91. The van der Waals surface area contributed by atoms with E-state index in [-0.39, 0.29) is 10.8 Å². The van der Waals surface area contributed by atoms with Gasteiger partial charge in [0.25, 0.3) is 0 Å². The van der Waals surface area contributed by atoms with Gasteiger partial charge < -0.3 is 0 Å². The summed E-state index contributed by atoms with van der Waals surface area (Å²) in [6.45, 7) is 2.85. The van der Waals surface area contributed by atoms with Crippen molar-refractivity contribution in [1.29, 1.82) is 0 Å². The lowest BCUT2D eigenvalue weighted by atomic mass is 10.2. The Morgan fingerprint density at radius 2 is 2.17 bits per heavy atom. The highest BCUT2D eigenvalue weighted by Gasteiger charge is 2.41. The number of alkyl halides is 3. The van der Waals surface area contributed by atoms with Gasteiger partial charge in [-0.25, -0.2) is 0 Å². The summed E-state index contributed by atoms with van der Waals surface area (Å²) in [5.74, 6) is 0. The molecule has 2 nitrogen and oxygen atoms in total. The number of hydrogen-bond acceptors (Lipinski definition) is 2. The quantitative estimate of drug-likeness (QED) is 0.605. The number of halogens is 3. The molecular weight excluding hydrogens is 171 g/mol. The van der Waals surface area contributed by atoms with Gasteiger partial charge in [0, 0.05) is 5.70 Å². The summed E-state index contributed by atoms with van der Waals surface area (Å²) in [6, 6.07) is 0. The molecule has 0 fully saturated rings. The average Bonchev–Trinajstić information content (AvgIpc) is 2.34. The molecule has 0 unspecified atom stereocenters. The Labute approximate surface area is 68.6 Å². The molecule has 0 aromatic heterocycles. The molecule has 0 amide bonds. The molecule has 0 N–H and O–H groups in total. The van der Waals surface area contributed by atoms with Crippen LogP contribution in [0, 0.1) is 6.61 Å². The maximum atomic E-state index is 12.1. The highest BCUT2D eigenvalue weighted by molar-refractivity contribution is 5.08. The minimum Gasteiger partial charge on any atom is -0.255 e. The lowest BCUT2D eigenvalue weighted by Gasteiger charge is -2.22. The summed E-state index contributed by atoms with van der Waals surface area (Å²) < 4.78 is 36.2. The number of nitrogens with zero attached hydrogens (tertiary/aromatic N) is 1. The van der Waals surface area contributed by atoms with Gasteiger partial charge >= 0.3 is 6.30 Å². The van der Waals surface area contributed by atoms with Crippen LogP contribution in [0.25, 0.3) is 0 Å². The van der Waals surface area contributed by atoms with Crippen LogP contribution in [0.5, 0.6) is 0 Å². The van der Waals surface area contributed by atoms with Crippen molar-refractivity contribution in [2.75, 3.05) is 0 Å². The van der Waals surface area contributed by atoms with E-state index in [1.54, 1.807) is 0 Å². The van der Waals surface area contributed by atoms with Gasteiger partial charge in [-0.15, -0.1) is 13.2 Å². The van der Waals surface area contributed by atoms with E-state index in [1.165, 1.54) is 6.08 Å². The maximum Gasteiger partial charge on any atom is 0.508 e. The van der Waals surface area contributed by atoms with Crippen LogP contribution in [0.1, 0.15) is 19.8 Å². The summed E-state index contributed by atoms with van der Waals surface area (Å²) in [7, 11) is 0. The van der Waals surface area contributed by atoms with Crippen LogP contribution in [0.15, 0.2) is 11.8 Å². The van der Waals surface area contributed by atoms with Crippen LogP contribution in [-0.4, -0.2) is 11.4 Å². The Balaban J connectivity index is 2.62. The largest absolute Gasteiger partial charge is 0.508 e. The van der Waals surface area contributed by atoms with Gasteiger partial charge in [0.05, 0.1) is 0 Å². The van der Waals surface area contributed by atoms with Gasteiger partial charge in [0.1, 0.15) is 6.61 Å². The molecule has 1 aliphatic heterocycles. The lowest BCUT2D eigenvalue weighted by molar-refractivity contribution is -0.335. The fraction of sp³-hybridized carbons (Fsp3) is 0.571. The van der Waals surface area contributed by atoms with E-state index >= 15 is 0 Å². The molecule has 0 aliphatic carbocycles. The first-order valence-electron chi connectivity index (χ1n) is 3.62. The van der Waals surface area contributed by atoms with E-state index in [4.69, 9.17) is 0 Å². The van der Waals surface area contributed by atoms with Gasteiger partial charge in [0.15, 0.2) is 0 Å². The van der Waals surface area contributed by atoms with Crippen molar-refractivity contribution in [3.63, 3.8) is 0 Å². The summed E-state index contributed by atoms with van der Waals surface area (Å²) >= 11 is 0. The third-order valence-electron chi connectivity index (χ3n) is 1.42. The number of hydroxylamine groups is 2. The molecule has 0 bridgehead atoms. The Bertz CT molecular complexity index is 188. The number of allylic oxidation sites excluding steroid dienone is 1. The molecule has 0 aromatic rings. The fourth-order valence-electron chi connectivity index (χ4n) is 0.969. The standard InChI is InChI=1S/C7H9F3NO/c1-2-3-6-4-5-12-11(6)7(8,9)10/h4-5H,2-3H2,1H3. The van der Waals surface area contributed by atoms with Crippen LogP contribution >= 0.6 is 0 Å². The summed E-state index contributed by atoms with van der Waals surface area (Å²) in [5, 5.41) is -0.0174. The second-order valence-corrected chi connectivity index (χ2v) is 2.41. The van der Waals surface area contributed by atoms with Crippen molar-refractivity contribution < 1.29 is 18.0 Å². The van der Waals surface area contributed by atoms with Crippen LogP contribution in [0.2, 0.25) is 0 Å². The van der Waals surface area contributed by atoms with Gasteiger partial charge in [-0.3, -0.25) is 4.84 Å². The zero-order chi connectivity index (χ0) is 9.19. The van der Waals surface area contributed by atoms with Crippen LogP contribution in [0.3, 0.4) is 0 Å². The molecule has 0 saturated carbocycles. The SMILES string of the molecule is CCCC1=C[CH]ON1C(F)(F)F. The van der Waals surface area contributed by atoms with Gasteiger partial charge in [-0.05, 0) is 12.5 Å². The van der Waals surface area contributed by atoms with Crippen LogP contribution in [-0.2, 0) is 4.84 Å². The van der Waals surface area contributed by atoms with E-state index in [0.717, 1.165) is 6.61 Å². The number of hydrogen-bond donors (Lipinski definition) is 0. The molecule has 5 heteroatoms. The van der Waals surface area contributed by atoms with Crippen molar-refractivity contribution >= 4 is 0 Å². The second kappa shape index (κ2) is 3.35. The van der Waals surface area contributed by atoms with Crippen molar-refractivity contribution in [1.82, 2.24) is 5.06 Å². The van der Waals surface area contributed by atoms with Gasteiger partial charge in [0.2, 0.25) is 0 Å². The van der Waals surface area contributed by atoms with E-state index in [2.05, 4.69) is 4.84 Å². The highest BCUT2D eigenvalue weighted by atomic mass is 19.4. The Hall–Kier alpha value is -0.710. The predicted molar refractivity (Wildman–Crippen MR) is 36.3 cm³/mol. The molecule has 1 aliphatic rings. The van der Waals surface area contributed by atoms with Crippen molar-refractivity contribution in [3.8, 4) is 0 Å². The molecule has 1 radical (unpaired) electrons. The summed E-state index contributed by atoms with van der Waals surface area (Å²) in [5.41, 5.74) is 0.157. The smallest absolute Gasteiger partial charge is 0.255 e. The van der Waals surface area contributed by atoms with E-state index in [0.29, 0.717) is 12.8 Å². The molecule has 0 spiro atoms. The normalized spacial score (nSPS) is 18.3. The first-order valence-corrected chi connectivity index (χ1v) is 3.62. The second-order valence-electron chi connectivity index (χ2n) is 2.41. The number of rotatable bonds is 2. The third-order valence-corrected chi connectivity index (χ3v) is 1.42. The molecule has 1 rings (SSSR count). The zero-order valence-electron chi connectivity index (χ0n) is 6.56. The Morgan fingerprint density at radius 1 is 1.50 bits per heavy atom. The van der Waals surface area contributed by atoms with E-state index < -0.39 is 6.30 Å². The monoisotopic (exact) mass is 180 g/mol. The van der Waals surface area contributed by atoms with Crippen molar-refractivity contribution in [2.45, 2.75) is 26.1 Å². The lowest BCUT2D eigenvalue weighted by Crippen LogP contribution is -2.33. The van der Waals surface area contributed by atoms with E-state index in [1.807, 2.05) is 6.92 Å². The minimum absolute atomic E-state index is 0.0174.